The van der Waals surface area contributed by atoms with Gasteiger partial charge in [-0.1, -0.05) is 17.3 Å². The first-order valence-corrected chi connectivity index (χ1v) is 8.86. The van der Waals surface area contributed by atoms with Crippen LogP contribution < -0.4 is 15.4 Å². The Balaban J connectivity index is 1.81. The summed E-state index contributed by atoms with van der Waals surface area (Å²) in [5.74, 6) is -0.931. The first-order chi connectivity index (χ1) is 13.8. The highest BCUT2D eigenvalue weighted by atomic mass is 16.5. The lowest BCUT2D eigenvalue weighted by atomic mass is 10.2. The van der Waals surface area contributed by atoms with Crippen molar-refractivity contribution >= 4 is 29.7 Å². The monoisotopic (exact) mass is 401 g/mol. The summed E-state index contributed by atoms with van der Waals surface area (Å²) in [4.78, 5) is 36.1. The quantitative estimate of drug-likeness (QED) is 0.513. The summed E-state index contributed by atoms with van der Waals surface area (Å²) < 4.78 is 15.0. The number of methoxy groups -OCH3 is 1. The molecule has 2 aromatic rings. The van der Waals surface area contributed by atoms with E-state index in [4.69, 9.17) is 14.0 Å². The third kappa shape index (κ3) is 6.80. The van der Waals surface area contributed by atoms with Crippen LogP contribution in [0.25, 0.3) is 6.08 Å². The lowest BCUT2D eigenvalue weighted by Crippen LogP contribution is -2.41. The van der Waals surface area contributed by atoms with Crippen molar-refractivity contribution in [1.82, 2.24) is 10.5 Å². The van der Waals surface area contributed by atoms with Gasteiger partial charge in [0.15, 0.2) is 6.10 Å². The van der Waals surface area contributed by atoms with E-state index >= 15 is 0 Å². The minimum atomic E-state index is -1.08. The van der Waals surface area contributed by atoms with Crippen LogP contribution in [0.3, 0.4) is 0 Å². The number of benzene rings is 1. The molecule has 0 fully saturated rings. The number of hydrogen-bond acceptors (Lipinski definition) is 7. The summed E-state index contributed by atoms with van der Waals surface area (Å²) in [6.07, 6.45) is 1.82. The van der Waals surface area contributed by atoms with Gasteiger partial charge in [0.05, 0.1) is 12.8 Å². The van der Waals surface area contributed by atoms with Gasteiger partial charge in [0.2, 0.25) is 11.8 Å². The second-order valence-electron chi connectivity index (χ2n) is 6.24. The van der Waals surface area contributed by atoms with Crippen molar-refractivity contribution in [2.45, 2.75) is 32.9 Å². The molecule has 2 amide bonds. The Hall–Kier alpha value is -3.62. The zero-order valence-electron chi connectivity index (χ0n) is 16.6. The van der Waals surface area contributed by atoms with E-state index in [1.807, 2.05) is 0 Å². The topological polar surface area (TPSA) is 120 Å². The Labute approximate surface area is 168 Å². The van der Waals surface area contributed by atoms with Gasteiger partial charge in [-0.2, -0.15) is 0 Å². The second-order valence-corrected chi connectivity index (χ2v) is 6.24. The molecule has 0 saturated carbocycles. The number of nitrogens with one attached hydrogen (secondary N) is 2. The number of ether oxygens (including phenoxy) is 2. The molecule has 2 N–H and O–H groups in total. The Morgan fingerprint density at radius 2 is 1.86 bits per heavy atom. The molecule has 1 aromatic heterocycles. The maximum atomic E-state index is 12.1. The number of aromatic nitrogens is 1. The Morgan fingerprint density at radius 1 is 1.17 bits per heavy atom. The highest BCUT2D eigenvalue weighted by Crippen LogP contribution is 2.12. The smallest absolute Gasteiger partial charge is 0.329 e. The van der Waals surface area contributed by atoms with Gasteiger partial charge >= 0.3 is 5.97 Å². The summed E-state index contributed by atoms with van der Waals surface area (Å²) in [5.41, 5.74) is 1.40. The molecule has 2 atom stereocenters. The lowest BCUT2D eigenvalue weighted by Gasteiger charge is -2.16. The number of amides is 2. The molecule has 0 spiro atoms. The van der Waals surface area contributed by atoms with E-state index in [1.54, 1.807) is 44.4 Å². The number of aryl methyl sites for hydroxylation is 1. The van der Waals surface area contributed by atoms with E-state index in [9.17, 15) is 14.4 Å². The largest absolute Gasteiger partial charge is 0.497 e. The molecule has 9 nitrogen and oxygen atoms in total. The van der Waals surface area contributed by atoms with Crippen LogP contribution in [0, 0.1) is 6.92 Å². The molecule has 1 aromatic carbocycles. The first kappa shape index (κ1) is 21.7. The predicted octanol–water partition coefficient (Wildman–Crippen LogP) is 2.08. The number of carbonyl (C=O) groups excluding carboxylic acids is 3. The Morgan fingerprint density at radius 3 is 2.45 bits per heavy atom. The molecule has 0 aliphatic rings. The van der Waals surface area contributed by atoms with E-state index in [2.05, 4.69) is 15.8 Å². The van der Waals surface area contributed by atoms with Gasteiger partial charge in [-0.05, 0) is 44.5 Å². The highest BCUT2D eigenvalue weighted by Gasteiger charge is 2.23. The van der Waals surface area contributed by atoms with Gasteiger partial charge in [0.25, 0.3) is 5.91 Å². The number of anilines is 1. The minimum Gasteiger partial charge on any atom is -0.497 e. The molecule has 2 rings (SSSR count). The number of hydrogen-bond donors (Lipinski definition) is 2. The molecule has 154 valence electrons. The Bertz CT molecular complexity index is 888. The standard InChI is InChI=1S/C20H23N3O6/c1-12-11-18(29-23-12)22-19(25)14(3)28-20(26)13(2)21-17(24)10-7-15-5-8-16(27-4)9-6-15/h5-11,13-14H,1-4H3,(H,21,24)(H,22,25)/b10-7+/t13-,14?/m0/s1. The van der Waals surface area contributed by atoms with Crippen molar-refractivity contribution in [3.63, 3.8) is 0 Å². The molecular weight excluding hydrogens is 378 g/mol. The number of nitrogens with zero attached hydrogens (tertiary/aromatic N) is 1. The van der Waals surface area contributed by atoms with Crippen LogP contribution in [0.4, 0.5) is 5.88 Å². The van der Waals surface area contributed by atoms with Crippen molar-refractivity contribution in [3.05, 3.63) is 47.7 Å². The fourth-order valence-electron chi connectivity index (χ4n) is 2.18. The van der Waals surface area contributed by atoms with Gasteiger partial charge in [-0.3, -0.25) is 14.9 Å². The maximum absolute atomic E-state index is 12.1. The van der Waals surface area contributed by atoms with Crippen LogP contribution in [0.1, 0.15) is 25.1 Å². The molecule has 9 heteroatoms. The zero-order chi connectivity index (χ0) is 21.4. The summed E-state index contributed by atoms with van der Waals surface area (Å²) in [6.45, 7) is 4.58. The number of carbonyl (C=O) groups is 3. The van der Waals surface area contributed by atoms with E-state index in [-0.39, 0.29) is 5.88 Å². The second kappa shape index (κ2) is 10.1. The number of rotatable bonds is 8. The van der Waals surface area contributed by atoms with Crippen molar-refractivity contribution in [2.75, 3.05) is 12.4 Å². The molecule has 0 aliphatic heterocycles. The molecule has 0 radical (unpaired) electrons. The van der Waals surface area contributed by atoms with Crippen molar-refractivity contribution in [3.8, 4) is 5.75 Å². The molecule has 0 saturated heterocycles. The zero-order valence-corrected chi connectivity index (χ0v) is 16.6. The molecular formula is C20H23N3O6. The highest BCUT2D eigenvalue weighted by molar-refractivity contribution is 5.96. The normalized spacial score (nSPS) is 12.8. The average molecular weight is 401 g/mol. The van der Waals surface area contributed by atoms with E-state index < -0.39 is 29.9 Å². The Kier molecular flexibility index (Phi) is 7.53. The van der Waals surface area contributed by atoms with Crippen LogP contribution in [0.2, 0.25) is 0 Å². The van der Waals surface area contributed by atoms with Gasteiger partial charge in [-0.15, -0.1) is 0 Å². The molecule has 1 unspecified atom stereocenters. The van der Waals surface area contributed by atoms with E-state index in [0.29, 0.717) is 11.4 Å². The van der Waals surface area contributed by atoms with Gasteiger partial charge in [-0.25, -0.2) is 4.79 Å². The van der Waals surface area contributed by atoms with Crippen molar-refractivity contribution < 1.29 is 28.4 Å². The van der Waals surface area contributed by atoms with E-state index in [1.165, 1.54) is 26.0 Å². The number of esters is 1. The van der Waals surface area contributed by atoms with Gasteiger partial charge < -0.3 is 19.3 Å². The maximum Gasteiger partial charge on any atom is 0.329 e. The fraction of sp³-hybridized carbons (Fsp3) is 0.300. The molecule has 0 aliphatic carbocycles. The lowest BCUT2D eigenvalue weighted by molar-refractivity contribution is -0.155. The first-order valence-electron chi connectivity index (χ1n) is 8.86. The van der Waals surface area contributed by atoms with Crippen LogP contribution in [-0.2, 0) is 19.1 Å². The van der Waals surface area contributed by atoms with Crippen LogP contribution in [0.5, 0.6) is 5.75 Å². The third-order valence-corrected chi connectivity index (χ3v) is 3.79. The molecule has 0 bridgehead atoms. The average Bonchev–Trinajstić information content (AvgIpc) is 3.11. The van der Waals surface area contributed by atoms with Crippen molar-refractivity contribution in [2.24, 2.45) is 0 Å². The summed E-state index contributed by atoms with van der Waals surface area (Å²) in [7, 11) is 1.57. The SMILES string of the molecule is COc1ccc(/C=C/C(=O)N[C@@H](C)C(=O)OC(C)C(=O)Nc2cc(C)no2)cc1. The summed E-state index contributed by atoms with van der Waals surface area (Å²) in [6, 6.07) is 7.71. The third-order valence-electron chi connectivity index (χ3n) is 3.79. The minimum absolute atomic E-state index is 0.153. The van der Waals surface area contributed by atoms with Crippen LogP contribution in [-0.4, -0.2) is 42.2 Å². The van der Waals surface area contributed by atoms with Crippen molar-refractivity contribution in [1.29, 1.82) is 0 Å². The van der Waals surface area contributed by atoms with Gasteiger partial charge in [0.1, 0.15) is 11.8 Å². The molecule has 1 heterocycles. The van der Waals surface area contributed by atoms with E-state index in [0.717, 1.165) is 5.56 Å². The molecule has 29 heavy (non-hydrogen) atoms. The van der Waals surface area contributed by atoms with Gasteiger partial charge in [0, 0.05) is 12.1 Å². The summed E-state index contributed by atoms with van der Waals surface area (Å²) >= 11 is 0. The fourth-order valence-corrected chi connectivity index (χ4v) is 2.18. The predicted molar refractivity (Wildman–Crippen MR) is 105 cm³/mol. The van der Waals surface area contributed by atoms with Crippen LogP contribution >= 0.6 is 0 Å². The summed E-state index contributed by atoms with van der Waals surface area (Å²) in [5, 5.41) is 8.57. The van der Waals surface area contributed by atoms with Crippen LogP contribution in [0.15, 0.2) is 40.9 Å².